The van der Waals surface area contributed by atoms with Gasteiger partial charge in [-0.1, -0.05) is 18.2 Å². The number of hydrogen-bond acceptors (Lipinski definition) is 3. The minimum Gasteiger partial charge on any atom is -0.347 e. The fraction of sp³-hybridized carbons (Fsp3) is 0.250. The van der Waals surface area contributed by atoms with Crippen molar-refractivity contribution in [1.82, 2.24) is 9.29 Å². The molecule has 0 fully saturated rings. The van der Waals surface area contributed by atoms with Gasteiger partial charge < -0.3 is 9.88 Å². The van der Waals surface area contributed by atoms with Crippen LogP contribution in [-0.2, 0) is 27.8 Å². The number of anilines is 1. The summed E-state index contributed by atoms with van der Waals surface area (Å²) >= 11 is 0. The molecular formula is C20H20FN3O3S. The van der Waals surface area contributed by atoms with Gasteiger partial charge in [0, 0.05) is 36.9 Å². The highest BCUT2D eigenvalue weighted by Gasteiger charge is 2.24. The summed E-state index contributed by atoms with van der Waals surface area (Å²) in [5.41, 5.74) is 2.06. The Kier molecular flexibility index (Phi) is 4.91. The van der Waals surface area contributed by atoms with Crippen LogP contribution in [0.3, 0.4) is 0 Å². The number of aryl methyl sites for hydroxylation is 2. The van der Waals surface area contributed by atoms with Gasteiger partial charge in [-0.2, -0.15) is 0 Å². The monoisotopic (exact) mass is 401 g/mol. The molecule has 28 heavy (non-hydrogen) atoms. The molecule has 1 aliphatic rings. The molecule has 0 bridgehead atoms. The van der Waals surface area contributed by atoms with E-state index in [1.54, 1.807) is 0 Å². The van der Waals surface area contributed by atoms with Crippen LogP contribution >= 0.6 is 0 Å². The molecule has 0 atom stereocenters. The van der Waals surface area contributed by atoms with Gasteiger partial charge >= 0.3 is 0 Å². The topological polar surface area (TPSA) is 80.2 Å². The van der Waals surface area contributed by atoms with E-state index < -0.39 is 15.8 Å². The summed E-state index contributed by atoms with van der Waals surface area (Å²) in [7, 11) is -3.97. The minimum atomic E-state index is -3.97. The van der Waals surface area contributed by atoms with Gasteiger partial charge in [0.2, 0.25) is 15.9 Å². The van der Waals surface area contributed by atoms with Gasteiger partial charge in [-0.15, -0.1) is 0 Å². The number of aromatic nitrogens is 1. The molecule has 2 N–H and O–H groups in total. The molecule has 0 unspecified atom stereocenters. The molecule has 0 saturated carbocycles. The third-order valence-corrected chi connectivity index (χ3v) is 6.37. The Labute approximate surface area is 162 Å². The molecule has 8 heteroatoms. The molecule has 2 heterocycles. The summed E-state index contributed by atoms with van der Waals surface area (Å²) in [6.07, 6.45) is 3.19. The Bertz CT molecular complexity index is 1150. The normalized spacial score (nSPS) is 14.1. The van der Waals surface area contributed by atoms with Crippen LogP contribution in [0, 0.1) is 5.82 Å². The summed E-state index contributed by atoms with van der Waals surface area (Å²) in [6.45, 7) is 0.844. The lowest BCUT2D eigenvalue weighted by Gasteiger charge is -2.18. The Morgan fingerprint density at radius 2 is 1.96 bits per heavy atom. The molecule has 1 amide bonds. The maximum atomic E-state index is 14.3. The molecule has 4 rings (SSSR count). The number of halogens is 1. The second-order valence-corrected chi connectivity index (χ2v) is 8.54. The largest absolute Gasteiger partial charge is 0.347 e. The maximum Gasteiger partial charge on any atom is 0.243 e. The highest BCUT2D eigenvalue weighted by molar-refractivity contribution is 7.89. The van der Waals surface area contributed by atoms with Gasteiger partial charge in [-0.05, 0) is 48.1 Å². The molecule has 6 nitrogen and oxygen atoms in total. The molecule has 1 aliphatic heterocycles. The van der Waals surface area contributed by atoms with Crippen LogP contribution in [0.2, 0.25) is 0 Å². The molecule has 3 aromatic rings. The first-order valence-electron chi connectivity index (χ1n) is 9.10. The lowest BCUT2D eigenvalue weighted by atomic mass is 10.0. The third-order valence-electron chi connectivity index (χ3n) is 4.89. The van der Waals surface area contributed by atoms with Crippen molar-refractivity contribution in [1.29, 1.82) is 0 Å². The van der Waals surface area contributed by atoms with E-state index in [9.17, 15) is 17.6 Å². The van der Waals surface area contributed by atoms with Crippen molar-refractivity contribution in [2.45, 2.75) is 30.7 Å². The van der Waals surface area contributed by atoms with Crippen LogP contribution in [0.5, 0.6) is 0 Å². The first kappa shape index (κ1) is 18.6. The Morgan fingerprint density at radius 3 is 2.82 bits per heavy atom. The standard InChI is InChI=1S/C20H20FN3O3S/c21-16-13-17-15(6-7-20(25)23-17)12-19(16)28(26,27)22-9-3-10-24-11-8-14-4-1-2-5-18(14)24/h1-2,4-5,8,11-13,22H,3,6-7,9-10H2,(H,23,25). The Morgan fingerprint density at radius 1 is 1.14 bits per heavy atom. The van der Waals surface area contributed by atoms with Crippen molar-refractivity contribution in [2.75, 3.05) is 11.9 Å². The van der Waals surface area contributed by atoms with E-state index in [-0.39, 0.29) is 23.8 Å². The van der Waals surface area contributed by atoms with Crippen LogP contribution in [0.15, 0.2) is 53.6 Å². The number of fused-ring (bicyclic) bond motifs is 2. The predicted molar refractivity (Wildman–Crippen MR) is 105 cm³/mol. The summed E-state index contributed by atoms with van der Waals surface area (Å²) in [4.78, 5) is 11.0. The number of amides is 1. The highest BCUT2D eigenvalue weighted by Crippen LogP contribution is 2.28. The van der Waals surface area contributed by atoms with E-state index in [1.807, 2.05) is 36.5 Å². The third kappa shape index (κ3) is 3.65. The molecule has 1 aromatic heterocycles. The van der Waals surface area contributed by atoms with Crippen molar-refractivity contribution in [3.63, 3.8) is 0 Å². The van der Waals surface area contributed by atoms with E-state index in [2.05, 4.69) is 14.6 Å². The lowest BCUT2D eigenvalue weighted by molar-refractivity contribution is -0.116. The van der Waals surface area contributed by atoms with Crippen LogP contribution in [-0.4, -0.2) is 25.4 Å². The van der Waals surface area contributed by atoms with E-state index >= 15 is 0 Å². The van der Waals surface area contributed by atoms with Gasteiger partial charge in [-0.25, -0.2) is 17.5 Å². The SMILES string of the molecule is O=C1CCc2cc(S(=O)(=O)NCCCn3ccc4ccccc43)c(F)cc2N1. The zero-order valence-electron chi connectivity index (χ0n) is 15.1. The smallest absolute Gasteiger partial charge is 0.243 e. The quantitative estimate of drug-likeness (QED) is 0.623. The van der Waals surface area contributed by atoms with Gasteiger partial charge in [0.1, 0.15) is 10.7 Å². The van der Waals surface area contributed by atoms with Crippen LogP contribution in [0.1, 0.15) is 18.4 Å². The summed E-state index contributed by atoms with van der Waals surface area (Å²) in [5, 5.41) is 3.70. The average molecular weight is 401 g/mol. The van der Waals surface area contributed by atoms with E-state index in [0.29, 0.717) is 30.6 Å². The van der Waals surface area contributed by atoms with Crippen molar-refractivity contribution in [3.05, 3.63) is 60.0 Å². The molecule has 146 valence electrons. The van der Waals surface area contributed by atoms with Gasteiger partial charge in [-0.3, -0.25) is 4.79 Å². The fourth-order valence-electron chi connectivity index (χ4n) is 3.45. The van der Waals surface area contributed by atoms with Crippen molar-refractivity contribution < 1.29 is 17.6 Å². The van der Waals surface area contributed by atoms with Gasteiger partial charge in [0.25, 0.3) is 0 Å². The van der Waals surface area contributed by atoms with Gasteiger partial charge in [0.15, 0.2) is 0 Å². The minimum absolute atomic E-state index is 0.196. The van der Waals surface area contributed by atoms with E-state index in [4.69, 9.17) is 0 Å². The zero-order valence-corrected chi connectivity index (χ0v) is 15.9. The maximum absolute atomic E-state index is 14.3. The van der Waals surface area contributed by atoms with Crippen LogP contribution in [0.25, 0.3) is 10.9 Å². The zero-order chi connectivity index (χ0) is 19.7. The lowest BCUT2D eigenvalue weighted by Crippen LogP contribution is -2.27. The molecule has 0 aliphatic carbocycles. The number of sulfonamides is 1. The number of nitrogens with zero attached hydrogens (tertiary/aromatic N) is 1. The molecular weight excluding hydrogens is 381 g/mol. The fourth-order valence-corrected chi connectivity index (χ4v) is 4.64. The van der Waals surface area contributed by atoms with Crippen LogP contribution < -0.4 is 10.0 Å². The van der Waals surface area contributed by atoms with E-state index in [0.717, 1.165) is 17.0 Å². The number of carbonyl (C=O) groups is 1. The highest BCUT2D eigenvalue weighted by atomic mass is 32.2. The summed E-state index contributed by atoms with van der Waals surface area (Å²) < 4.78 is 43.9. The first-order valence-corrected chi connectivity index (χ1v) is 10.6. The van der Waals surface area contributed by atoms with Crippen molar-refractivity contribution in [3.8, 4) is 0 Å². The number of hydrogen-bond donors (Lipinski definition) is 2. The molecule has 0 radical (unpaired) electrons. The number of carbonyl (C=O) groups excluding carboxylic acids is 1. The molecule has 0 saturated heterocycles. The van der Waals surface area contributed by atoms with Crippen molar-refractivity contribution in [2.24, 2.45) is 0 Å². The van der Waals surface area contributed by atoms with E-state index in [1.165, 1.54) is 6.07 Å². The first-order chi connectivity index (χ1) is 13.4. The Hall–Kier alpha value is -2.71. The molecule has 2 aromatic carbocycles. The summed E-state index contributed by atoms with van der Waals surface area (Å²) in [6, 6.07) is 12.4. The molecule has 0 spiro atoms. The number of nitrogens with one attached hydrogen (secondary N) is 2. The number of rotatable bonds is 6. The average Bonchev–Trinajstić information content (AvgIpc) is 3.07. The predicted octanol–water partition coefficient (Wildman–Crippen LogP) is 3.03. The second kappa shape index (κ2) is 7.37. The Balaban J connectivity index is 1.42. The second-order valence-electron chi connectivity index (χ2n) is 6.81. The van der Waals surface area contributed by atoms with Crippen molar-refractivity contribution >= 4 is 32.5 Å². The number of benzene rings is 2. The van der Waals surface area contributed by atoms with Gasteiger partial charge in [0.05, 0.1) is 0 Å². The van der Waals surface area contributed by atoms with Crippen LogP contribution in [0.4, 0.5) is 10.1 Å². The number of para-hydroxylation sites is 1. The summed E-state index contributed by atoms with van der Waals surface area (Å²) in [5.74, 6) is -1.07.